The number of hydrogen-bond donors (Lipinski definition) is 2. The van der Waals surface area contributed by atoms with Crippen LogP contribution in [-0.4, -0.2) is 23.7 Å². The van der Waals surface area contributed by atoms with Crippen LogP contribution < -0.4 is 8.27 Å². The second-order valence-electron chi connectivity index (χ2n) is 4.55. The highest BCUT2D eigenvalue weighted by Crippen LogP contribution is 2.14. The van der Waals surface area contributed by atoms with Crippen molar-refractivity contribution >= 4 is 28.8 Å². The standard InChI is InChI=1S/C13H18INO3/c1-9(2)8-18-11-5-3-10(4-6-11)7-12(15-14)13(16)17/h3-6,9,12,15H,7-8H2,1-2H3,(H,16,17)/t12-/m0/s1. The third-order valence-electron chi connectivity index (χ3n) is 2.38. The van der Waals surface area contributed by atoms with E-state index < -0.39 is 12.0 Å². The van der Waals surface area contributed by atoms with E-state index in [1.807, 2.05) is 47.1 Å². The number of aliphatic carboxylic acids is 1. The fourth-order valence-electron chi connectivity index (χ4n) is 1.39. The molecule has 1 aromatic rings. The molecule has 0 spiro atoms. The highest BCUT2D eigenvalue weighted by molar-refractivity contribution is 14.1. The highest BCUT2D eigenvalue weighted by Gasteiger charge is 2.15. The van der Waals surface area contributed by atoms with Crippen molar-refractivity contribution in [1.82, 2.24) is 3.53 Å². The summed E-state index contributed by atoms with van der Waals surface area (Å²) in [6.07, 6.45) is 0.461. The molecule has 0 amide bonds. The third-order valence-corrected chi connectivity index (χ3v) is 3.13. The number of halogens is 1. The Labute approximate surface area is 121 Å². The van der Waals surface area contributed by atoms with Gasteiger partial charge in [-0.15, -0.1) is 0 Å². The van der Waals surface area contributed by atoms with Crippen LogP contribution in [0.1, 0.15) is 19.4 Å². The van der Waals surface area contributed by atoms with Crippen molar-refractivity contribution in [2.75, 3.05) is 6.61 Å². The molecule has 0 aliphatic carbocycles. The number of hydrogen-bond acceptors (Lipinski definition) is 3. The summed E-state index contributed by atoms with van der Waals surface area (Å²) in [5.74, 6) is 0.468. The molecule has 18 heavy (non-hydrogen) atoms. The topological polar surface area (TPSA) is 58.6 Å². The van der Waals surface area contributed by atoms with Gasteiger partial charge < -0.3 is 9.84 Å². The van der Waals surface area contributed by atoms with Gasteiger partial charge in [0.05, 0.1) is 6.61 Å². The lowest BCUT2D eigenvalue weighted by Gasteiger charge is -2.11. The van der Waals surface area contributed by atoms with Gasteiger partial charge in [0, 0.05) is 22.9 Å². The molecule has 0 saturated heterocycles. The molecule has 0 unspecified atom stereocenters. The van der Waals surface area contributed by atoms with Crippen molar-refractivity contribution in [2.24, 2.45) is 5.92 Å². The molecular formula is C13H18INO3. The summed E-state index contributed by atoms with van der Waals surface area (Å²) >= 11 is 1.86. The Hall–Kier alpha value is -0.820. The number of carbonyl (C=O) groups is 1. The maximum Gasteiger partial charge on any atom is 0.321 e. The van der Waals surface area contributed by atoms with Gasteiger partial charge in [-0.05, 0) is 30.0 Å². The maximum absolute atomic E-state index is 10.9. The number of carboxylic acid groups (broad SMARTS) is 1. The minimum atomic E-state index is -0.843. The van der Waals surface area contributed by atoms with Crippen LogP contribution in [0.2, 0.25) is 0 Å². The van der Waals surface area contributed by atoms with Gasteiger partial charge in [0.25, 0.3) is 0 Å². The normalized spacial score (nSPS) is 12.4. The maximum atomic E-state index is 10.9. The second kappa shape index (κ2) is 7.58. The van der Waals surface area contributed by atoms with Crippen molar-refractivity contribution in [2.45, 2.75) is 26.3 Å². The molecule has 5 heteroatoms. The van der Waals surface area contributed by atoms with E-state index >= 15 is 0 Å². The fraction of sp³-hybridized carbons (Fsp3) is 0.462. The molecule has 1 atom stereocenters. The summed E-state index contributed by atoms with van der Waals surface area (Å²) in [7, 11) is 0. The Balaban J connectivity index is 2.57. The van der Waals surface area contributed by atoms with E-state index in [4.69, 9.17) is 9.84 Å². The summed E-state index contributed by atoms with van der Waals surface area (Å²) in [6, 6.07) is 7.00. The SMILES string of the molecule is CC(C)COc1ccc(C[C@H](NI)C(=O)O)cc1. The third kappa shape index (κ3) is 5.22. The van der Waals surface area contributed by atoms with Crippen LogP contribution in [0.3, 0.4) is 0 Å². The summed E-state index contributed by atoms with van der Waals surface area (Å²) in [5.41, 5.74) is 0.975. The first-order valence-corrected chi connectivity index (χ1v) is 6.91. The smallest absolute Gasteiger partial charge is 0.321 e. The molecule has 0 aromatic heterocycles. The first-order valence-electron chi connectivity index (χ1n) is 5.83. The van der Waals surface area contributed by atoms with Crippen molar-refractivity contribution in [3.63, 3.8) is 0 Å². The molecule has 4 nitrogen and oxygen atoms in total. The minimum Gasteiger partial charge on any atom is -0.493 e. The lowest BCUT2D eigenvalue weighted by Crippen LogP contribution is -2.32. The van der Waals surface area contributed by atoms with Crippen molar-refractivity contribution in [3.8, 4) is 5.75 Å². The number of ether oxygens (including phenoxy) is 1. The lowest BCUT2D eigenvalue weighted by molar-refractivity contribution is -0.138. The number of rotatable bonds is 7. The van der Waals surface area contributed by atoms with E-state index in [-0.39, 0.29) is 0 Å². The summed E-state index contributed by atoms with van der Waals surface area (Å²) in [6.45, 7) is 4.88. The minimum absolute atomic E-state index is 0.461. The van der Waals surface area contributed by atoms with Crippen LogP contribution in [0.4, 0.5) is 0 Å². The molecule has 0 aliphatic rings. The Kier molecular flexibility index (Phi) is 6.42. The molecule has 2 N–H and O–H groups in total. The average Bonchev–Trinajstić information content (AvgIpc) is 2.34. The van der Waals surface area contributed by atoms with Gasteiger partial charge in [0.1, 0.15) is 11.8 Å². The van der Waals surface area contributed by atoms with Crippen LogP contribution >= 0.6 is 22.9 Å². The summed E-state index contributed by atoms with van der Waals surface area (Å²) in [5, 5.41) is 8.94. The van der Waals surface area contributed by atoms with Crippen LogP contribution in [0.5, 0.6) is 5.75 Å². The Morgan fingerprint density at radius 2 is 2.00 bits per heavy atom. The first kappa shape index (κ1) is 15.2. The molecule has 1 rings (SSSR count). The van der Waals surface area contributed by atoms with Crippen LogP contribution in [0, 0.1) is 5.92 Å². The lowest BCUT2D eigenvalue weighted by atomic mass is 10.1. The quantitative estimate of drug-likeness (QED) is 0.578. The van der Waals surface area contributed by atoms with Gasteiger partial charge >= 0.3 is 5.97 Å². The van der Waals surface area contributed by atoms with E-state index in [1.165, 1.54) is 0 Å². The highest BCUT2D eigenvalue weighted by atomic mass is 127. The van der Waals surface area contributed by atoms with Crippen molar-refractivity contribution in [1.29, 1.82) is 0 Å². The Bertz CT molecular complexity index is 378. The number of nitrogens with one attached hydrogen (secondary N) is 1. The van der Waals surface area contributed by atoms with Gasteiger partial charge in [0.2, 0.25) is 0 Å². The van der Waals surface area contributed by atoms with Crippen LogP contribution in [-0.2, 0) is 11.2 Å². The molecule has 1 aromatic carbocycles. The van der Waals surface area contributed by atoms with Crippen molar-refractivity contribution in [3.05, 3.63) is 29.8 Å². The van der Waals surface area contributed by atoms with E-state index in [9.17, 15) is 4.79 Å². The van der Waals surface area contributed by atoms with E-state index in [0.717, 1.165) is 11.3 Å². The van der Waals surface area contributed by atoms with Gasteiger partial charge in [-0.1, -0.05) is 26.0 Å². The average molecular weight is 363 g/mol. The van der Waals surface area contributed by atoms with E-state index in [0.29, 0.717) is 18.9 Å². The summed E-state index contributed by atoms with van der Waals surface area (Å²) < 4.78 is 8.31. The molecule has 100 valence electrons. The number of benzene rings is 1. The van der Waals surface area contributed by atoms with Gasteiger partial charge in [-0.25, -0.2) is 3.53 Å². The first-order chi connectivity index (χ1) is 8.52. The predicted molar refractivity (Wildman–Crippen MR) is 79.1 cm³/mol. The largest absolute Gasteiger partial charge is 0.493 e. The molecular weight excluding hydrogens is 345 g/mol. The van der Waals surface area contributed by atoms with E-state index in [2.05, 4.69) is 17.4 Å². The molecule has 0 radical (unpaired) electrons. The van der Waals surface area contributed by atoms with Gasteiger partial charge in [0.15, 0.2) is 0 Å². The van der Waals surface area contributed by atoms with E-state index in [1.54, 1.807) is 0 Å². The molecule has 0 saturated carbocycles. The molecule has 0 heterocycles. The van der Waals surface area contributed by atoms with Crippen molar-refractivity contribution < 1.29 is 14.6 Å². The monoisotopic (exact) mass is 363 g/mol. The Morgan fingerprint density at radius 3 is 2.44 bits per heavy atom. The second-order valence-corrected chi connectivity index (χ2v) is 5.18. The Morgan fingerprint density at radius 1 is 1.39 bits per heavy atom. The zero-order valence-corrected chi connectivity index (χ0v) is 12.7. The number of carboxylic acids is 1. The zero-order chi connectivity index (χ0) is 13.5. The fourth-order valence-corrected chi connectivity index (χ4v) is 1.88. The van der Waals surface area contributed by atoms with Crippen LogP contribution in [0.15, 0.2) is 24.3 Å². The molecule has 0 bridgehead atoms. The molecule has 0 aliphatic heterocycles. The zero-order valence-electron chi connectivity index (χ0n) is 10.5. The summed E-state index contributed by atoms with van der Waals surface area (Å²) in [4.78, 5) is 10.9. The van der Waals surface area contributed by atoms with Gasteiger partial charge in [-0.3, -0.25) is 4.79 Å². The molecule has 0 fully saturated rings. The predicted octanol–water partition coefficient (Wildman–Crippen LogP) is 2.66. The van der Waals surface area contributed by atoms with Crippen LogP contribution in [0.25, 0.3) is 0 Å². The van der Waals surface area contributed by atoms with Gasteiger partial charge in [-0.2, -0.15) is 0 Å².